The topological polar surface area (TPSA) is 46.3 Å². The molecule has 116 valence electrons. The molecule has 0 bridgehead atoms. The van der Waals surface area contributed by atoms with Gasteiger partial charge in [-0.15, -0.1) is 0 Å². The maximum absolute atomic E-state index is 12.7. The Bertz CT molecular complexity index is 667. The van der Waals surface area contributed by atoms with Crippen molar-refractivity contribution >= 4 is 16.7 Å². The molecule has 0 aliphatic heterocycles. The fraction of sp³-hybridized carbons (Fsp3) is 0.421. The second-order valence-electron chi connectivity index (χ2n) is 6.41. The Morgan fingerprint density at radius 2 is 1.95 bits per heavy atom. The maximum Gasteiger partial charge on any atom is 0.226 e. The Kier molecular flexibility index (Phi) is 4.44. The van der Waals surface area contributed by atoms with E-state index in [4.69, 9.17) is 5.73 Å². The van der Waals surface area contributed by atoms with Crippen LogP contribution in [0.5, 0.6) is 0 Å². The summed E-state index contributed by atoms with van der Waals surface area (Å²) in [7, 11) is 1.91. The number of benzene rings is 2. The molecular formula is C19H24N2O. The molecule has 1 amide bonds. The van der Waals surface area contributed by atoms with Crippen LogP contribution in [0.1, 0.15) is 24.8 Å². The summed E-state index contributed by atoms with van der Waals surface area (Å²) < 4.78 is 0. The molecule has 0 spiro atoms. The number of hydrogen-bond acceptors (Lipinski definition) is 2. The lowest BCUT2D eigenvalue weighted by Crippen LogP contribution is -2.36. The fourth-order valence-corrected chi connectivity index (χ4v) is 3.62. The van der Waals surface area contributed by atoms with Crippen LogP contribution in [-0.2, 0) is 11.3 Å². The van der Waals surface area contributed by atoms with Gasteiger partial charge in [0.15, 0.2) is 0 Å². The van der Waals surface area contributed by atoms with Crippen LogP contribution in [-0.4, -0.2) is 24.4 Å². The van der Waals surface area contributed by atoms with E-state index in [9.17, 15) is 4.79 Å². The van der Waals surface area contributed by atoms with E-state index in [0.29, 0.717) is 19.0 Å². The second kappa shape index (κ2) is 6.49. The van der Waals surface area contributed by atoms with E-state index in [1.54, 1.807) is 0 Å². The standard InChI is InChI=1S/C19H24N2O/c1-21(19(22)18-8-4-7-17(18)12-20)13-14-9-10-15-5-2-3-6-16(15)11-14/h2-3,5-6,9-11,17-18H,4,7-8,12-13,20H2,1H3/t17-,18-/m1/s1. The van der Waals surface area contributed by atoms with Crippen molar-refractivity contribution in [3.8, 4) is 0 Å². The number of amides is 1. The van der Waals surface area contributed by atoms with Crippen LogP contribution in [0.3, 0.4) is 0 Å². The quantitative estimate of drug-likeness (QED) is 0.942. The Labute approximate surface area is 132 Å². The summed E-state index contributed by atoms with van der Waals surface area (Å²) in [6.07, 6.45) is 3.21. The highest BCUT2D eigenvalue weighted by atomic mass is 16.2. The Balaban J connectivity index is 1.72. The van der Waals surface area contributed by atoms with Gasteiger partial charge in [0.1, 0.15) is 0 Å². The first-order valence-corrected chi connectivity index (χ1v) is 8.12. The van der Waals surface area contributed by atoms with Crippen LogP contribution in [0, 0.1) is 11.8 Å². The smallest absolute Gasteiger partial charge is 0.226 e. The van der Waals surface area contributed by atoms with Gasteiger partial charge in [0.05, 0.1) is 0 Å². The molecule has 2 atom stereocenters. The van der Waals surface area contributed by atoms with Crippen molar-refractivity contribution < 1.29 is 4.79 Å². The highest BCUT2D eigenvalue weighted by molar-refractivity contribution is 5.83. The summed E-state index contributed by atoms with van der Waals surface area (Å²) in [6.45, 7) is 1.29. The first-order chi connectivity index (χ1) is 10.7. The number of nitrogens with zero attached hydrogens (tertiary/aromatic N) is 1. The largest absolute Gasteiger partial charge is 0.341 e. The molecule has 0 saturated heterocycles. The zero-order valence-electron chi connectivity index (χ0n) is 13.2. The minimum Gasteiger partial charge on any atom is -0.341 e. The van der Waals surface area contributed by atoms with E-state index in [1.807, 2.05) is 24.1 Å². The zero-order chi connectivity index (χ0) is 15.5. The van der Waals surface area contributed by atoms with Gasteiger partial charge in [0, 0.05) is 19.5 Å². The number of carbonyl (C=O) groups is 1. The molecule has 1 aliphatic carbocycles. The molecule has 1 fully saturated rings. The Hall–Kier alpha value is -1.87. The Morgan fingerprint density at radius 3 is 2.73 bits per heavy atom. The van der Waals surface area contributed by atoms with Crippen molar-refractivity contribution in [1.82, 2.24) is 4.90 Å². The number of fused-ring (bicyclic) bond motifs is 1. The molecule has 1 aliphatic rings. The van der Waals surface area contributed by atoms with Crippen molar-refractivity contribution in [2.45, 2.75) is 25.8 Å². The zero-order valence-corrected chi connectivity index (χ0v) is 13.2. The molecular weight excluding hydrogens is 272 g/mol. The van der Waals surface area contributed by atoms with Crippen LogP contribution in [0.4, 0.5) is 0 Å². The van der Waals surface area contributed by atoms with E-state index in [0.717, 1.165) is 19.3 Å². The molecule has 3 heteroatoms. The van der Waals surface area contributed by atoms with Crippen molar-refractivity contribution in [3.05, 3.63) is 48.0 Å². The SMILES string of the molecule is CN(Cc1ccc2ccccc2c1)C(=O)[C@@H]1CCC[C@@H]1CN. The monoisotopic (exact) mass is 296 g/mol. The van der Waals surface area contributed by atoms with Gasteiger partial charge in [0.2, 0.25) is 5.91 Å². The highest BCUT2D eigenvalue weighted by Gasteiger charge is 2.33. The van der Waals surface area contributed by atoms with Crippen LogP contribution >= 0.6 is 0 Å². The third-order valence-electron chi connectivity index (χ3n) is 4.89. The normalized spacial score (nSPS) is 21.2. The molecule has 0 unspecified atom stereocenters. The lowest BCUT2D eigenvalue weighted by Gasteiger charge is -2.24. The average Bonchev–Trinajstić information content (AvgIpc) is 3.02. The predicted molar refractivity (Wildman–Crippen MR) is 90.3 cm³/mol. The number of hydrogen-bond donors (Lipinski definition) is 1. The van der Waals surface area contributed by atoms with Gasteiger partial charge in [-0.2, -0.15) is 0 Å². The van der Waals surface area contributed by atoms with Gasteiger partial charge in [-0.05, 0) is 47.7 Å². The van der Waals surface area contributed by atoms with Crippen molar-refractivity contribution in [2.75, 3.05) is 13.6 Å². The molecule has 3 nitrogen and oxygen atoms in total. The fourth-order valence-electron chi connectivity index (χ4n) is 3.62. The highest BCUT2D eigenvalue weighted by Crippen LogP contribution is 2.32. The molecule has 2 N–H and O–H groups in total. The van der Waals surface area contributed by atoms with E-state index in [1.165, 1.54) is 16.3 Å². The molecule has 0 aromatic heterocycles. The van der Waals surface area contributed by atoms with Crippen LogP contribution in [0.15, 0.2) is 42.5 Å². The van der Waals surface area contributed by atoms with Gasteiger partial charge in [0.25, 0.3) is 0 Å². The molecule has 3 rings (SSSR count). The van der Waals surface area contributed by atoms with Crippen molar-refractivity contribution in [1.29, 1.82) is 0 Å². The van der Waals surface area contributed by atoms with Crippen molar-refractivity contribution in [2.24, 2.45) is 17.6 Å². The van der Waals surface area contributed by atoms with E-state index < -0.39 is 0 Å². The van der Waals surface area contributed by atoms with Gasteiger partial charge in [-0.3, -0.25) is 4.79 Å². The average molecular weight is 296 g/mol. The molecule has 2 aromatic carbocycles. The first kappa shape index (κ1) is 15.0. The molecule has 2 aromatic rings. The summed E-state index contributed by atoms with van der Waals surface area (Å²) in [6, 6.07) is 14.7. The van der Waals surface area contributed by atoms with Crippen molar-refractivity contribution in [3.63, 3.8) is 0 Å². The van der Waals surface area contributed by atoms with Gasteiger partial charge < -0.3 is 10.6 Å². The third-order valence-corrected chi connectivity index (χ3v) is 4.89. The lowest BCUT2D eigenvalue weighted by molar-refractivity contribution is -0.135. The summed E-state index contributed by atoms with van der Waals surface area (Å²) in [4.78, 5) is 14.5. The first-order valence-electron chi connectivity index (χ1n) is 8.12. The summed E-state index contributed by atoms with van der Waals surface area (Å²) >= 11 is 0. The minimum atomic E-state index is 0.121. The molecule has 0 heterocycles. The second-order valence-corrected chi connectivity index (χ2v) is 6.41. The van der Waals surface area contributed by atoms with Gasteiger partial charge in [-0.25, -0.2) is 0 Å². The molecule has 1 saturated carbocycles. The predicted octanol–water partition coefficient (Wildman–Crippen LogP) is 3.17. The summed E-state index contributed by atoms with van der Waals surface area (Å²) in [5.74, 6) is 0.739. The van der Waals surface area contributed by atoms with Gasteiger partial charge >= 0.3 is 0 Å². The van der Waals surface area contributed by atoms with Crippen LogP contribution < -0.4 is 5.73 Å². The summed E-state index contributed by atoms with van der Waals surface area (Å²) in [5, 5.41) is 2.46. The number of carbonyl (C=O) groups excluding carboxylic acids is 1. The van der Waals surface area contributed by atoms with E-state index >= 15 is 0 Å². The Morgan fingerprint density at radius 1 is 1.18 bits per heavy atom. The number of rotatable bonds is 4. The van der Waals surface area contributed by atoms with E-state index in [2.05, 4.69) is 30.3 Å². The summed E-state index contributed by atoms with van der Waals surface area (Å²) in [5.41, 5.74) is 6.98. The maximum atomic E-state index is 12.7. The number of nitrogens with two attached hydrogens (primary N) is 1. The van der Waals surface area contributed by atoms with Crippen LogP contribution in [0.25, 0.3) is 10.8 Å². The van der Waals surface area contributed by atoms with E-state index in [-0.39, 0.29) is 11.8 Å². The minimum absolute atomic E-state index is 0.121. The van der Waals surface area contributed by atoms with Crippen LogP contribution in [0.2, 0.25) is 0 Å². The lowest BCUT2D eigenvalue weighted by atomic mass is 9.94. The van der Waals surface area contributed by atoms with Gasteiger partial charge in [-0.1, -0.05) is 42.8 Å². The third kappa shape index (κ3) is 3.00. The molecule has 0 radical (unpaired) electrons. The molecule has 22 heavy (non-hydrogen) atoms.